The first-order valence-electron chi connectivity index (χ1n) is 4.17. The smallest absolute Gasteiger partial charge is 0.0593 e. The highest BCUT2D eigenvalue weighted by Crippen LogP contribution is 2.46. The summed E-state index contributed by atoms with van der Waals surface area (Å²) in [7, 11) is -0.105. The zero-order chi connectivity index (χ0) is 8.36. The van der Waals surface area contributed by atoms with Gasteiger partial charge in [-0.2, -0.15) is 0 Å². The Balaban J connectivity index is 3.73. The lowest BCUT2D eigenvalue weighted by Crippen LogP contribution is -2.14. The molecule has 0 N–H and O–H groups in total. The molecule has 0 aliphatic rings. The van der Waals surface area contributed by atoms with Crippen molar-refractivity contribution in [3.05, 3.63) is 0 Å². The van der Waals surface area contributed by atoms with Crippen molar-refractivity contribution in [2.75, 3.05) is 12.8 Å². The first-order chi connectivity index (χ1) is 4.34. The van der Waals surface area contributed by atoms with Gasteiger partial charge in [0, 0.05) is 14.6 Å². The van der Waals surface area contributed by atoms with Crippen LogP contribution in [0.25, 0.3) is 0 Å². The first-order valence-corrected chi connectivity index (χ1v) is 6.37. The minimum Gasteiger partial charge on any atom is -0.0593 e. The quantitative estimate of drug-likeness (QED) is 0.545. The summed E-state index contributed by atoms with van der Waals surface area (Å²) < 4.78 is 0. The Morgan fingerprint density at radius 2 is 1.60 bits per heavy atom. The number of hydrogen-bond acceptors (Lipinski definition) is 0. The minimum absolute atomic E-state index is 0.105. The van der Waals surface area contributed by atoms with E-state index in [4.69, 9.17) is 0 Å². The van der Waals surface area contributed by atoms with Crippen LogP contribution in [0.15, 0.2) is 0 Å². The Kier molecular flexibility index (Phi) is 3.88. The van der Waals surface area contributed by atoms with Crippen LogP contribution in [0, 0.1) is 5.92 Å². The van der Waals surface area contributed by atoms with Gasteiger partial charge < -0.3 is 0 Å². The summed E-state index contributed by atoms with van der Waals surface area (Å²) in [5.41, 5.74) is 0. The van der Waals surface area contributed by atoms with Gasteiger partial charge >= 0.3 is 0 Å². The van der Waals surface area contributed by atoms with Crippen molar-refractivity contribution in [2.24, 2.45) is 5.92 Å². The fraction of sp³-hybridized carbons (Fsp3) is 1.00. The van der Waals surface area contributed by atoms with E-state index in [1.165, 1.54) is 6.16 Å². The average molecular weight is 161 g/mol. The van der Waals surface area contributed by atoms with Gasteiger partial charge in [0.05, 0.1) is 11.3 Å². The Morgan fingerprint density at radius 1 is 1.20 bits per heavy atom. The largest absolute Gasteiger partial charge is 0.0690 e. The van der Waals surface area contributed by atoms with E-state index in [0.717, 1.165) is 5.92 Å². The van der Waals surface area contributed by atoms with Crippen LogP contribution in [0.4, 0.5) is 0 Å². The van der Waals surface area contributed by atoms with Crippen molar-refractivity contribution in [3.8, 4) is 0 Å². The Labute approximate surface area is 67.2 Å². The third-order valence-corrected chi connectivity index (χ3v) is 5.98. The molecule has 0 aromatic heterocycles. The highest BCUT2D eigenvalue weighted by atomic mass is 31.1. The highest BCUT2D eigenvalue weighted by Gasteiger charge is 2.27. The molecule has 0 saturated heterocycles. The minimum atomic E-state index is -0.105. The molecule has 0 aliphatic heterocycles. The molecule has 0 amide bonds. The van der Waals surface area contributed by atoms with Gasteiger partial charge in [-0.05, 0) is 26.7 Å². The molecule has 1 heteroatoms. The molecule has 0 bridgehead atoms. The molecule has 0 saturated carbocycles. The summed E-state index contributed by atoms with van der Waals surface area (Å²) in [6.07, 6.45) is 1.45. The van der Waals surface area contributed by atoms with Crippen molar-refractivity contribution in [3.63, 3.8) is 0 Å². The van der Waals surface area contributed by atoms with Crippen LogP contribution >= 0.6 is 7.92 Å². The van der Waals surface area contributed by atoms with Gasteiger partial charge in [0.25, 0.3) is 0 Å². The van der Waals surface area contributed by atoms with Crippen molar-refractivity contribution in [1.29, 1.82) is 0 Å². The van der Waals surface area contributed by atoms with Crippen molar-refractivity contribution < 1.29 is 0 Å². The molecule has 0 nitrogen and oxygen atoms in total. The Morgan fingerprint density at radius 3 is 1.70 bits per heavy atom. The van der Waals surface area contributed by atoms with Crippen LogP contribution in [0.2, 0.25) is 0 Å². The molecule has 0 radical (unpaired) electrons. The third kappa shape index (κ3) is 4.28. The van der Waals surface area contributed by atoms with Crippen molar-refractivity contribution in [1.82, 2.24) is 0 Å². The monoisotopic (exact) mass is 161 g/mol. The van der Waals surface area contributed by atoms with Crippen LogP contribution in [-0.2, 0) is 0 Å². The van der Waals surface area contributed by atoms with Crippen LogP contribution in [0.5, 0.6) is 0 Å². The second-order valence-corrected chi connectivity index (χ2v) is 8.10. The predicted octanol–water partition coefficient (Wildman–Crippen LogP) is 3.28. The molecule has 0 aromatic carbocycles. The van der Waals surface area contributed by atoms with Gasteiger partial charge in [-0.1, -0.05) is 13.8 Å². The summed E-state index contributed by atoms with van der Waals surface area (Å²) in [6.45, 7) is 14.2. The lowest BCUT2D eigenvalue weighted by Gasteiger charge is -2.21. The predicted molar refractivity (Wildman–Crippen MR) is 53.7 cm³/mol. The Bertz CT molecular complexity index is 89.4. The molecular weight excluding hydrogens is 139 g/mol. The molecule has 1 unspecified atom stereocenters. The van der Waals surface area contributed by atoms with E-state index in [-0.39, 0.29) is 7.92 Å². The zero-order valence-corrected chi connectivity index (χ0v) is 9.28. The van der Waals surface area contributed by atoms with Crippen molar-refractivity contribution in [2.45, 2.75) is 39.8 Å². The van der Waals surface area contributed by atoms with Gasteiger partial charge in [-0.3, -0.25) is 0 Å². The van der Waals surface area contributed by atoms with E-state index < -0.39 is 0 Å². The van der Waals surface area contributed by atoms with E-state index in [0.29, 0.717) is 5.16 Å². The fourth-order valence-corrected chi connectivity index (χ4v) is 2.76. The molecule has 62 valence electrons. The first kappa shape index (κ1) is 10.4. The van der Waals surface area contributed by atoms with Crippen LogP contribution in [0.1, 0.15) is 34.6 Å². The van der Waals surface area contributed by atoms with Crippen LogP contribution in [-0.4, -0.2) is 18.0 Å². The molecule has 0 heterocycles. The summed E-state index contributed by atoms with van der Waals surface area (Å²) >= 11 is 0. The van der Waals surface area contributed by atoms with E-state index in [9.17, 15) is 0 Å². The topological polar surface area (TPSA) is 0 Å². The van der Waals surface area contributed by atoms with E-state index >= 15 is 0 Å². The maximum Gasteiger partial charge on any atom is 0.0690 e. The second-order valence-electron chi connectivity index (χ2n) is 4.63. The highest BCUT2D eigenvalue weighted by molar-refractivity contribution is 7.58. The molecular formula is C9H22P+. The third-order valence-electron chi connectivity index (χ3n) is 1.99. The van der Waals surface area contributed by atoms with Gasteiger partial charge in [0.1, 0.15) is 0 Å². The van der Waals surface area contributed by atoms with Gasteiger partial charge in [0.15, 0.2) is 0 Å². The molecule has 0 spiro atoms. The van der Waals surface area contributed by atoms with Gasteiger partial charge in [-0.25, -0.2) is 0 Å². The van der Waals surface area contributed by atoms with E-state index in [1.807, 2.05) is 0 Å². The second kappa shape index (κ2) is 3.72. The average Bonchev–Trinajstić information content (AvgIpc) is 1.60. The molecule has 0 aliphatic carbocycles. The fourth-order valence-electron chi connectivity index (χ4n) is 0.919. The van der Waals surface area contributed by atoms with Gasteiger partial charge in [-0.15, -0.1) is 0 Å². The normalized spacial score (nSPS) is 15.9. The molecule has 10 heavy (non-hydrogen) atoms. The summed E-state index contributed by atoms with van der Waals surface area (Å²) in [4.78, 5) is 0. The van der Waals surface area contributed by atoms with Crippen molar-refractivity contribution >= 4 is 7.92 Å². The number of hydrogen-bond donors (Lipinski definition) is 0. The molecule has 1 atom stereocenters. The summed E-state index contributed by atoms with van der Waals surface area (Å²) in [6, 6.07) is 0. The van der Waals surface area contributed by atoms with Gasteiger partial charge in [0.2, 0.25) is 0 Å². The molecule has 0 aromatic rings. The number of rotatable bonds is 2. The lowest BCUT2D eigenvalue weighted by atomic mass is 10.2. The standard InChI is InChI=1S/C9H21P/c1-8(2)7-10(6)9(3,4)5/h8H,7H2,1-6H3/p+1. The lowest BCUT2D eigenvalue weighted by molar-refractivity contribution is 0.717. The van der Waals surface area contributed by atoms with Crippen LogP contribution < -0.4 is 0 Å². The summed E-state index contributed by atoms with van der Waals surface area (Å²) in [5, 5.41) is 0.592. The maximum atomic E-state index is 2.45. The van der Waals surface area contributed by atoms with E-state index in [2.05, 4.69) is 41.3 Å². The zero-order valence-electron chi connectivity index (χ0n) is 8.28. The van der Waals surface area contributed by atoms with Crippen LogP contribution in [0.3, 0.4) is 0 Å². The summed E-state index contributed by atoms with van der Waals surface area (Å²) in [5.74, 6) is 0.887. The van der Waals surface area contributed by atoms with E-state index in [1.54, 1.807) is 0 Å². The molecule has 0 rings (SSSR count). The Hall–Kier alpha value is 0.430. The molecule has 0 fully saturated rings. The maximum absolute atomic E-state index is 2.45. The SMILES string of the molecule is CC(C)C[PH+](C)C(C)(C)C.